The van der Waals surface area contributed by atoms with Crippen LogP contribution in [0.3, 0.4) is 0 Å². The van der Waals surface area contributed by atoms with Gasteiger partial charge in [0.05, 0.1) is 7.11 Å². The van der Waals surface area contributed by atoms with Crippen molar-refractivity contribution in [3.8, 4) is 0 Å². The van der Waals surface area contributed by atoms with Gasteiger partial charge >= 0.3 is 16.8 Å². The summed E-state index contributed by atoms with van der Waals surface area (Å²) in [6.45, 7) is 3.18. The summed E-state index contributed by atoms with van der Waals surface area (Å²) in [6, 6.07) is -1.36. The lowest BCUT2D eigenvalue weighted by Gasteiger charge is -2.28. The van der Waals surface area contributed by atoms with Crippen LogP contribution in [0.2, 0.25) is 0 Å². The zero-order chi connectivity index (χ0) is 15.4. The third-order valence-corrected chi connectivity index (χ3v) is 2.89. The molecule has 0 radical (unpaired) electrons. The van der Waals surface area contributed by atoms with Gasteiger partial charge in [-0.15, -0.1) is 0 Å². The van der Waals surface area contributed by atoms with E-state index in [-0.39, 0.29) is 5.11 Å². The summed E-state index contributed by atoms with van der Waals surface area (Å²) < 4.78 is 14.8. The minimum atomic E-state index is -2.78. The normalized spacial score (nSPS) is 10.9. The van der Waals surface area contributed by atoms with Crippen molar-refractivity contribution in [1.29, 1.82) is 0 Å². The van der Waals surface area contributed by atoms with Crippen molar-refractivity contribution >= 4 is 52.7 Å². The Hall–Kier alpha value is -0.860. The molecule has 0 aliphatic rings. The van der Waals surface area contributed by atoms with Gasteiger partial charge in [-0.25, -0.2) is 14.5 Å². The average molecular weight is 334 g/mol. The molecule has 0 aromatic carbocycles. The molecule has 0 rings (SSSR count). The van der Waals surface area contributed by atoms with E-state index in [1.807, 2.05) is 0 Å². The van der Waals surface area contributed by atoms with Gasteiger partial charge in [-0.3, -0.25) is 10.2 Å². The Labute approximate surface area is 125 Å². The number of alkyl halides is 3. The van der Waals surface area contributed by atoms with Crippen molar-refractivity contribution in [2.24, 2.45) is 0 Å². The second-order valence-electron chi connectivity index (χ2n) is 3.70. The largest absolute Gasteiger partial charge is 0.452 e. The van der Waals surface area contributed by atoms with Gasteiger partial charge in [0.25, 0.3) is 0 Å². The molecule has 0 atom stereocenters. The van der Waals surface area contributed by atoms with Crippen molar-refractivity contribution in [2.45, 2.75) is 24.6 Å². The first kappa shape index (κ1) is 18.1. The van der Waals surface area contributed by atoms with Crippen LogP contribution < -0.4 is 5.32 Å². The second kappa shape index (κ2) is 7.06. The number of imide groups is 1. The van der Waals surface area contributed by atoms with E-state index in [0.29, 0.717) is 4.90 Å². The molecule has 0 aromatic heterocycles. The number of ether oxygens (including phenoxy) is 1. The van der Waals surface area contributed by atoms with Crippen LogP contribution in [0.5, 0.6) is 0 Å². The van der Waals surface area contributed by atoms with Crippen molar-refractivity contribution in [1.82, 2.24) is 15.1 Å². The van der Waals surface area contributed by atoms with E-state index < -0.39 is 22.9 Å². The highest BCUT2D eigenvalue weighted by Crippen LogP contribution is 2.25. The molecule has 0 unspecified atom stereocenters. The zero-order valence-corrected chi connectivity index (χ0v) is 13.1. The molecule has 3 amide bonds. The van der Waals surface area contributed by atoms with Crippen LogP contribution in [-0.4, -0.2) is 51.9 Å². The molecule has 0 saturated carbocycles. The predicted octanol–water partition coefficient (Wildman–Crippen LogP) is 2.45. The number of hydrogen-bond acceptors (Lipinski definition) is 4. The fourth-order valence-corrected chi connectivity index (χ4v) is 1.46. The van der Waals surface area contributed by atoms with E-state index in [1.54, 1.807) is 13.8 Å². The van der Waals surface area contributed by atoms with Gasteiger partial charge < -0.3 is 4.74 Å². The number of rotatable bonds is 2. The molecule has 0 spiro atoms. The minimum Gasteiger partial charge on any atom is -0.452 e. The number of carbonyl (C=O) groups is 2. The molecule has 0 aliphatic carbocycles. The Morgan fingerprint density at radius 3 is 2.21 bits per heavy atom. The smallest absolute Gasteiger partial charge is 0.417 e. The Morgan fingerprint density at radius 1 is 1.42 bits per heavy atom. The number of nitrogens with zero attached hydrogens (tertiary/aromatic N) is 2. The van der Waals surface area contributed by atoms with Crippen LogP contribution in [0.15, 0.2) is 0 Å². The second-order valence-corrected chi connectivity index (χ2v) is 5.28. The maximum absolute atomic E-state index is 13.2. The van der Waals surface area contributed by atoms with Gasteiger partial charge in [-0.05, 0) is 49.3 Å². The summed E-state index contributed by atoms with van der Waals surface area (Å²) in [4.78, 5) is 24.6. The number of halogens is 3. The van der Waals surface area contributed by atoms with E-state index in [1.165, 1.54) is 0 Å². The van der Waals surface area contributed by atoms with E-state index in [0.717, 1.165) is 19.1 Å². The fourth-order valence-electron chi connectivity index (χ4n) is 0.977. The molecule has 10 heteroatoms. The average Bonchev–Trinajstić information content (AvgIpc) is 2.25. The van der Waals surface area contributed by atoms with Gasteiger partial charge in [0.1, 0.15) is 0 Å². The van der Waals surface area contributed by atoms with Crippen molar-refractivity contribution < 1.29 is 18.7 Å². The summed E-state index contributed by atoms with van der Waals surface area (Å²) in [6.07, 6.45) is -0.874. The standard InChI is InChI=1S/C9H14Cl2FN3O3S/c1-5(2)15(8(17)18-4)6(16)13-7(19)14(3)9(10,11)12/h5H,1-4H3,(H,13,16,19). The van der Waals surface area contributed by atoms with Crippen LogP contribution in [0.25, 0.3) is 0 Å². The first-order valence-electron chi connectivity index (χ1n) is 5.05. The lowest BCUT2D eigenvalue weighted by Crippen LogP contribution is -2.53. The number of hydrogen-bond donors (Lipinski definition) is 1. The summed E-state index contributed by atoms with van der Waals surface area (Å²) in [5, 5.41) is 1.74. The van der Waals surface area contributed by atoms with Crippen molar-refractivity contribution in [3.63, 3.8) is 0 Å². The molecule has 110 valence electrons. The number of carbonyl (C=O) groups excluding carboxylic acids is 2. The first-order chi connectivity index (χ1) is 8.52. The summed E-state index contributed by atoms with van der Waals surface area (Å²) in [5.41, 5.74) is 0. The van der Waals surface area contributed by atoms with Crippen molar-refractivity contribution in [3.05, 3.63) is 0 Å². The SMILES string of the molecule is COC(=O)N(C(=O)NC(=S)N(C)C(F)(Cl)Cl)C(C)C. The third-order valence-electron chi connectivity index (χ3n) is 2.01. The first-order valence-corrected chi connectivity index (χ1v) is 6.21. The Bertz CT molecular complexity index is 376. The van der Waals surface area contributed by atoms with Gasteiger partial charge in [0.15, 0.2) is 5.11 Å². The predicted molar refractivity (Wildman–Crippen MR) is 73.8 cm³/mol. The van der Waals surface area contributed by atoms with E-state index >= 15 is 0 Å². The number of amides is 3. The molecular formula is C9H14Cl2FN3O3S. The van der Waals surface area contributed by atoms with Crippen LogP contribution >= 0.6 is 35.4 Å². The van der Waals surface area contributed by atoms with Crippen LogP contribution in [0.4, 0.5) is 14.0 Å². The number of methoxy groups -OCH3 is 1. The number of nitrogens with one attached hydrogen (secondary N) is 1. The summed E-state index contributed by atoms with van der Waals surface area (Å²) >= 11 is 15.1. The molecule has 19 heavy (non-hydrogen) atoms. The fraction of sp³-hybridized carbons (Fsp3) is 0.667. The Kier molecular flexibility index (Phi) is 6.74. The van der Waals surface area contributed by atoms with E-state index in [4.69, 9.17) is 35.4 Å². The molecule has 0 saturated heterocycles. The Morgan fingerprint density at radius 2 is 1.89 bits per heavy atom. The molecule has 0 fully saturated rings. The molecule has 1 N–H and O–H groups in total. The van der Waals surface area contributed by atoms with Crippen LogP contribution in [0, 0.1) is 0 Å². The summed E-state index contributed by atoms with van der Waals surface area (Å²) in [7, 11) is 2.26. The van der Waals surface area contributed by atoms with Crippen LogP contribution in [-0.2, 0) is 4.74 Å². The quantitative estimate of drug-likeness (QED) is 0.477. The van der Waals surface area contributed by atoms with E-state index in [9.17, 15) is 14.0 Å². The number of urea groups is 1. The maximum atomic E-state index is 13.2. The van der Waals surface area contributed by atoms with Gasteiger partial charge in [0, 0.05) is 13.1 Å². The minimum absolute atomic E-state index is 0.382. The zero-order valence-electron chi connectivity index (χ0n) is 10.7. The maximum Gasteiger partial charge on any atom is 0.417 e. The van der Waals surface area contributed by atoms with Gasteiger partial charge in [0.2, 0.25) is 0 Å². The van der Waals surface area contributed by atoms with Gasteiger partial charge in [-0.1, -0.05) is 0 Å². The molecule has 0 aliphatic heterocycles. The summed E-state index contributed by atoms with van der Waals surface area (Å²) in [5.74, 6) is 0. The molecule has 6 nitrogen and oxygen atoms in total. The highest BCUT2D eigenvalue weighted by molar-refractivity contribution is 7.80. The molecule has 0 bridgehead atoms. The lowest BCUT2D eigenvalue weighted by molar-refractivity contribution is 0.121. The van der Waals surface area contributed by atoms with Crippen molar-refractivity contribution in [2.75, 3.05) is 14.2 Å². The Balaban J connectivity index is 4.84. The monoisotopic (exact) mass is 333 g/mol. The third kappa shape index (κ3) is 5.33. The highest BCUT2D eigenvalue weighted by Gasteiger charge is 2.33. The van der Waals surface area contributed by atoms with Gasteiger partial charge in [-0.2, -0.15) is 4.39 Å². The number of thiocarbonyl (C=S) groups is 1. The van der Waals surface area contributed by atoms with E-state index in [2.05, 4.69) is 10.1 Å². The molecule has 0 aromatic rings. The molecule has 0 heterocycles. The topological polar surface area (TPSA) is 61.9 Å². The van der Waals surface area contributed by atoms with Crippen LogP contribution in [0.1, 0.15) is 13.8 Å². The highest BCUT2D eigenvalue weighted by atomic mass is 35.5. The lowest BCUT2D eigenvalue weighted by atomic mass is 10.3. The molecular weight excluding hydrogens is 320 g/mol.